The molecule has 0 aromatic heterocycles. The van der Waals surface area contributed by atoms with Gasteiger partial charge in [0.25, 0.3) is 0 Å². The van der Waals surface area contributed by atoms with Crippen molar-refractivity contribution in [2.75, 3.05) is 18.2 Å². The summed E-state index contributed by atoms with van der Waals surface area (Å²) in [6.45, 7) is 9.81. The maximum absolute atomic E-state index is 2.49. The molecule has 0 amide bonds. The Morgan fingerprint density at radius 1 is 1.30 bits per heavy atom. The number of rotatable bonds is 1. The van der Waals surface area contributed by atoms with Gasteiger partial charge in [0.05, 0.1) is 0 Å². The van der Waals surface area contributed by atoms with E-state index >= 15 is 0 Å². The molecule has 1 saturated heterocycles. The first-order valence-corrected chi connectivity index (χ1v) is 5.28. The molecule has 1 aliphatic heterocycles. The number of nitrogens with zero attached hydrogens (tertiary/aromatic N) is 1. The van der Waals surface area contributed by atoms with Crippen LogP contribution < -0.4 is 0 Å². The van der Waals surface area contributed by atoms with E-state index in [4.69, 9.17) is 0 Å². The van der Waals surface area contributed by atoms with Crippen molar-refractivity contribution in [2.24, 2.45) is 0 Å². The van der Waals surface area contributed by atoms with Gasteiger partial charge in [-0.15, -0.1) is 11.8 Å². The third-order valence-corrected chi connectivity index (χ3v) is 2.50. The molecule has 0 aliphatic carbocycles. The minimum Gasteiger partial charge on any atom is -0.291 e. The third-order valence-electron chi connectivity index (χ3n) is 1.51. The summed E-state index contributed by atoms with van der Waals surface area (Å²) in [7, 11) is 0. The largest absolute Gasteiger partial charge is 0.291 e. The molecule has 0 atom stereocenters. The van der Waals surface area contributed by atoms with E-state index in [0.717, 1.165) is 6.04 Å². The van der Waals surface area contributed by atoms with Crippen LogP contribution in [0.5, 0.6) is 0 Å². The second-order valence-corrected chi connectivity index (χ2v) is 3.52. The maximum atomic E-state index is 2.49. The summed E-state index contributed by atoms with van der Waals surface area (Å²) in [5, 5.41) is 0. The number of hydrogen-bond donors (Lipinski definition) is 0. The average Bonchev–Trinajstić information content (AvgIpc) is 2.42. The Morgan fingerprint density at radius 2 is 1.90 bits per heavy atom. The Balaban J connectivity index is 0.000000371. The lowest BCUT2D eigenvalue weighted by Crippen LogP contribution is -2.27. The highest BCUT2D eigenvalue weighted by Gasteiger charge is 2.13. The Hall–Kier alpha value is 0.310. The molecule has 0 aromatic rings. The molecule has 10 heavy (non-hydrogen) atoms. The first kappa shape index (κ1) is 10.3. The van der Waals surface area contributed by atoms with Gasteiger partial charge in [0.2, 0.25) is 0 Å². The SMILES string of the molecule is CC.CC(C)N1CCSC1. The van der Waals surface area contributed by atoms with Gasteiger partial charge in [-0.05, 0) is 13.8 Å². The average molecular weight is 161 g/mol. The van der Waals surface area contributed by atoms with Crippen molar-refractivity contribution in [3.8, 4) is 0 Å². The molecular weight excluding hydrogens is 142 g/mol. The van der Waals surface area contributed by atoms with E-state index in [1.807, 2.05) is 25.6 Å². The van der Waals surface area contributed by atoms with Crippen LogP contribution in [0.25, 0.3) is 0 Å². The number of hydrogen-bond acceptors (Lipinski definition) is 2. The van der Waals surface area contributed by atoms with Crippen LogP contribution in [0, 0.1) is 0 Å². The van der Waals surface area contributed by atoms with Crippen LogP contribution in [0.1, 0.15) is 27.7 Å². The fourth-order valence-electron chi connectivity index (χ4n) is 0.835. The zero-order chi connectivity index (χ0) is 7.98. The van der Waals surface area contributed by atoms with Gasteiger partial charge >= 0.3 is 0 Å². The van der Waals surface area contributed by atoms with Crippen LogP contribution in [0.4, 0.5) is 0 Å². The van der Waals surface area contributed by atoms with Gasteiger partial charge in [-0.1, -0.05) is 13.8 Å². The second-order valence-electron chi connectivity index (χ2n) is 2.44. The summed E-state index contributed by atoms with van der Waals surface area (Å²) in [4.78, 5) is 2.49. The van der Waals surface area contributed by atoms with Crippen LogP contribution in [0.2, 0.25) is 0 Å². The zero-order valence-electron chi connectivity index (χ0n) is 7.55. The van der Waals surface area contributed by atoms with Gasteiger partial charge in [0.1, 0.15) is 0 Å². The monoisotopic (exact) mass is 161 g/mol. The molecule has 1 rings (SSSR count). The van der Waals surface area contributed by atoms with Crippen LogP contribution in [0.3, 0.4) is 0 Å². The summed E-state index contributed by atoms with van der Waals surface area (Å²) in [6, 6.07) is 0.755. The molecule has 0 N–H and O–H groups in total. The summed E-state index contributed by atoms with van der Waals surface area (Å²) < 4.78 is 0. The van der Waals surface area contributed by atoms with Crippen LogP contribution >= 0.6 is 11.8 Å². The van der Waals surface area contributed by atoms with E-state index in [9.17, 15) is 0 Å². The quantitative estimate of drug-likeness (QED) is 0.581. The topological polar surface area (TPSA) is 3.24 Å². The van der Waals surface area contributed by atoms with E-state index in [1.165, 1.54) is 18.2 Å². The molecule has 0 bridgehead atoms. The highest BCUT2D eigenvalue weighted by Crippen LogP contribution is 2.15. The first-order chi connectivity index (χ1) is 4.80. The second kappa shape index (κ2) is 6.05. The molecule has 0 radical (unpaired) electrons. The molecule has 62 valence electrons. The maximum Gasteiger partial charge on any atom is 0.0447 e. The fraction of sp³-hybridized carbons (Fsp3) is 1.00. The summed E-state index contributed by atoms with van der Waals surface area (Å²) in [5.41, 5.74) is 0. The van der Waals surface area contributed by atoms with Crippen molar-refractivity contribution in [1.82, 2.24) is 4.90 Å². The Morgan fingerprint density at radius 3 is 2.10 bits per heavy atom. The van der Waals surface area contributed by atoms with Crippen LogP contribution in [0.15, 0.2) is 0 Å². The van der Waals surface area contributed by atoms with E-state index in [2.05, 4.69) is 18.7 Å². The van der Waals surface area contributed by atoms with Crippen molar-refractivity contribution in [3.63, 3.8) is 0 Å². The van der Waals surface area contributed by atoms with Crippen molar-refractivity contribution in [2.45, 2.75) is 33.7 Å². The van der Waals surface area contributed by atoms with Gasteiger partial charge < -0.3 is 0 Å². The molecule has 1 aliphatic rings. The molecule has 0 saturated carbocycles. The Labute approximate surface area is 69.2 Å². The van der Waals surface area contributed by atoms with E-state index < -0.39 is 0 Å². The van der Waals surface area contributed by atoms with Crippen molar-refractivity contribution < 1.29 is 0 Å². The van der Waals surface area contributed by atoms with Gasteiger partial charge in [0.15, 0.2) is 0 Å². The highest BCUT2D eigenvalue weighted by molar-refractivity contribution is 7.99. The van der Waals surface area contributed by atoms with E-state index in [1.54, 1.807) is 0 Å². The van der Waals surface area contributed by atoms with E-state index in [0.29, 0.717) is 0 Å². The van der Waals surface area contributed by atoms with Crippen LogP contribution in [-0.4, -0.2) is 29.1 Å². The minimum atomic E-state index is 0.755. The smallest absolute Gasteiger partial charge is 0.0447 e. The molecule has 0 spiro atoms. The van der Waals surface area contributed by atoms with Gasteiger partial charge in [0, 0.05) is 24.2 Å². The van der Waals surface area contributed by atoms with Crippen LogP contribution in [-0.2, 0) is 0 Å². The minimum absolute atomic E-state index is 0.755. The lowest BCUT2D eigenvalue weighted by molar-refractivity contribution is 0.291. The molecule has 0 aromatic carbocycles. The third kappa shape index (κ3) is 3.47. The van der Waals surface area contributed by atoms with Crippen molar-refractivity contribution in [3.05, 3.63) is 0 Å². The number of thioether (sulfide) groups is 1. The molecule has 0 unspecified atom stereocenters. The van der Waals surface area contributed by atoms with Gasteiger partial charge in [-0.3, -0.25) is 4.90 Å². The zero-order valence-corrected chi connectivity index (χ0v) is 8.37. The molecular formula is C8H19NS. The Kier molecular flexibility index (Phi) is 6.24. The van der Waals surface area contributed by atoms with Gasteiger partial charge in [-0.2, -0.15) is 0 Å². The lowest BCUT2D eigenvalue weighted by atomic mass is 10.3. The summed E-state index contributed by atoms with van der Waals surface area (Å²) >= 11 is 2.04. The predicted octanol–water partition coefficient (Wildman–Crippen LogP) is 2.43. The van der Waals surface area contributed by atoms with Crippen molar-refractivity contribution in [1.29, 1.82) is 0 Å². The lowest BCUT2D eigenvalue weighted by Gasteiger charge is -2.17. The fourth-order valence-corrected chi connectivity index (χ4v) is 1.99. The molecule has 1 heterocycles. The van der Waals surface area contributed by atoms with E-state index in [-0.39, 0.29) is 0 Å². The highest BCUT2D eigenvalue weighted by atomic mass is 32.2. The molecule has 1 fully saturated rings. The molecule has 1 nitrogen and oxygen atoms in total. The Bertz CT molecular complexity index is 67.7. The predicted molar refractivity (Wildman–Crippen MR) is 50.5 cm³/mol. The molecule has 2 heteroatoms. The summed E-state index contributed by atoms with van der Waals surface area (Å²) in [6.07, 6.45) is 0. The standard InChI is InChI=1S/C6H13NS.C2H6/c1-6(2)7-3-4-8-5-7;1-2/h6H,3-5H2,1-2H3;1-2H3. The van der Waals surface area contributed by atoms with Gasteiger partial charge in [-0.25, -0.2) is 0 Å². The normalized spacial score (nSPS) is 18.9. The summed E-state index contributed by atoms with van der Waals surface area (Å²) in [5.74, 6) is 2.58. The van der Waals surface area contributed by atoms with Crippen molar-refractivity contribution >= 4 is 11.8 Å². The first-order valence-electron chi connectivity index (χ1n) is 4.12.